The number of aliphatic carboxylic acids is 2. The van der Waals surface area contributed by atoms with Crippen molar-refractivity contribution in [3.05, 3.63) is 42.0 Å². The number of fused-ring (bicyclic) bond motifs is 2. The van der Waals surface area contributed by atoms with Gasteiger partial charge in [-0.15, -0.1) is 0 Å². The molecule has 0 radical (unpaired) electrons. The smallest absolute Gasteiger partial charge is 0.490 e. The number of imidazole rings is 1. The first kappa shape index (κ1) is 57.6. The van der Waals surface area contributed by atoms with Gasteiger partial charge in [-0.05, 0) is 32.0 Å². The summed E-state index contributed by atoms with van der Waals surface area (Å²) in [6, 6.07) is 7.09. The first-order valence-electron chi connectivity index (χ1n) is 19.7. The number of carboxylic acid groups (broad SMARTS) is 2. The van der Waals surface area contributed by atoms with Crippen molar-refractivity contribution in [3.63, 3.8) is 0 Å². The minimum Gasteiger partial charge on any atom is -0.542 e. The molecular formula is C37H52F6N8O16. The van der Waals surface area contributed by atoms with Gasteiger partial charge in [0.15, 0.2) is 28.2 Å². The molecular weight excluding hydrogens is 926 g/mol. The molecule has 378 valence electrons. The van der Waals surface area contributed by atoms with Crippen molar-refractivity contribution < 1.29 is 111 Å². The molecule has 0 aliphatic carbocycles. The molecule has 4 aromatic rings. The van der Waals surface area contributed by atoms with Crippen LogP contribution in [0.25, 0.3) is 22.2 Å². The Hall–Kier alpha value is -5.54. The molecule has 15 N–H and O–H groups in total. The van der Waals surface area contributed by atoms with Gasteiger partial charge in [0, 0.05) is 31.9 Å². The molecule has 24 nitrogen and oxygen atoms in total. The predicted octanol–water partition coefficient (Wildman–Crippen LogP) is -4.76. The second-order valence-electron chi connectivity index (χ2n) is 14.2. The summed E-state index contributed by atoms with van der Waals surface area (Å²) in [4.78, 5) is 43.6. The van der Waals surface area contributed by atoms with Gasteiger partial charge in [-0.2, -0.15) is 26.3 Å². The number of aliphatic hydroxyl groups is 10. The third-order valence-electron chi connectivity index (χ3n) is 9.51. The molecule has 1 aromatic carbocycles. The number of hydrogen-bond acceptors (Lipinski definition) is 19. The summed E-state index contributed by atoms with van der Waals surface area (Å²) in [7, 11) is 0. The van der Waals surface area contributed by atoms with E-state index in [-0.39, 0.29) is 31.2 Å². The molecule has 67 heavy (non-hydrogen) atoms. The van der Waals surface area contributed by atoms with E-state index in [2.05, 4.69) is 20.3 Å². The Balaban J connectivity index is 0.000000952. The van der Waals surface area contributed by atoms with Gasteiger partial charge in [-0.1, -0.05) is 0 Å². The van der Waals surface area contributed by atoms with Gasteiger partial charge in [0.05, 0.1) is 38.5 Å². The van der Waals surface area contributed by atoms with E-state index in [0.717, 1.165) is 16.9 Å². The van der Waals surface area contributed by atoms with E-state index in [0.29, 0.717) is 30.0 Å². The van der Waals surface area contributed by atoms with Gasteiger partial charge in [0.25, 0.3) is 11.7 Å². The lowest BCUT2D eigenvalue weighted by molar-refractivity contribution is -0.676. The molecule has 1 amide bonds. The number of H-pyrrole nitrogens is 1. The zero-order valence-corrected chi connectivity index (χ0v) is 35.4. The van der Waals surface area contributed by atoms with Crippen molar-refractivity contribution in [3.8, 4) is 5.75 Å². The number of aryl methyl sites for hydroxylation is 2. The molecule has 3 aromatic heterocycles. The maximum absolute atomic E-state index is 13.1. The average Bonchev–Trinajstić information content (AvgIpc) is 3.86. The SMILES string of the molecule is CCn1c(CNC(=O)c2nc3cc[nH]c3nc2N)[n+](CC)c2cc(OCCN(C[C@H](O)[C@@H](O)[C@H](O)[C@H](O)CO)C[C@H](O)[C@@H](O)[C@H](O)[C@H](O)CO)ccc21.O=C(O)C(F)(F)F.O=C([O-])C(F)(F)F. The number of hydrogen-bond donors (Lipinski definition) is 14. The largest absolute Gasteiger partial charge is 0.542 e. The summed E-state index contributed by atoms with van der Waals surface area (Å²) in [6.07, 6.45) is -23.2. The number of nitrogens with one attached hydrogen (secondary N) is 2. The Morgan fingerprint density at radius 3 is 1.82 bits per heavy atom. The number of carbonyl (C=O) groups is 3. The highest BCUT2D eigenvalue weighted by molar-refractivity contribution is 5.98. The third kappa shape index (κ3) is 16.3. The molecule has 0 saturated heterocycles. The number of carbonyl (C=O) groups excluding carboxylic acids is 2. The fourth-order valence-corrected chi connectivity index (χ4v) is 6.07. The summed E-state index contributed by atoms with van der Waals surface area (Å²) in [5.74, 6) is -5.03. The lowest BCUT2D eigenvalue weighted by atomic mass is 10.0. The van der Waals surface area contributed by atoms with Crippen LogP contribution in [0, 0.1) is 0 Å². The van der Waals surface area contributed by atoms with E-state index in [1.54, 1.807) is 24.4 Å². The van der Waals surface area contributed by atoms with Crippen LogP contribution in [0.1, 0.15) is 30.2 Å². The summed E-state index contributed by atoms with van der Waals surface area (Å²) in [6.45, 7) is 2.47. The number of aromatic nitrogens is 5. The van der Waals surface area contributed by atoms with Crippen LogP contribution in [0.3, 0.4) is 0 Å². The minimum atomic E-state index is -5.19. The minimum absolute atomic E-state index is 0.00551. The predicted molar refractivity (Wildman–Crippen MR) is 212 cm³/mol. The van der Waals surface area contributed by atoms with Crippen molar-refractivity contribution in [1.82, 2.24) is 29.7 Å². The normalized spacial score (nSPS) is 15.6. The van der Waals surface area contributed by atoms with E-state index in [9.17, 15) is 72.0 Å². The number of anilines is 1. The number of alkyl halides is 6. The first-order chi connectivity index (χ1) is 31.1. The molecule has 3 heterocycles. The zero-order valence-electron chi connectivity index (χ0n) is 35.4. The lowest BCUT2D eigenvalue weighted by Crippen LogP contribution is -2.53. The maximum atomic E-state index is 13.1. The molecule has 0 bridgehead atoms. The van der Waals surface area contributed by atoms with Crippen molar-refractivity contribution >= 4 is 45.9 Å². The average molecular weight is 979 g/mol. The summed E-state index contributed by atoms with van der Waals surface area (Å²) < 4.78 is 73.4. The number of ether oxygens (including phenoxy) is 1. The number of nitrogens with zero attached hydrogens (tertiary/aromatic N) is 5. The summed E-state index contributed by atoms with van der Waals surface area (Å²) in [5, 5.41) is 119. The quantitative estimate of drug-likeness (QED) is 0.0275. The van der Waals surface area contributed by atoms with Crippen molar-refractivity contribution in [2.45, 2.75) is 94.7 Å². The number of nitrogen functional groups attached to an aromatic ring is 1. The van der Waals surface area contributed by atoms with Gasteiger partial charge in [-0.25, -0.2) is 23.9 Å². The van der Waals surface area contributed by atoms with Gasteiger partial charge in [-0.3, -0.25) is 9.69 Å². The van der Waals surface area contributed by atoms with Crippen molar-refractivity contribution in [1.29, 1.82) is 0 Å². The van der Waals surface area contributed by atoms with Crippen LogP contribution in [-0.2, 0) is 29.2 Å². The van der Waals surface area contributed by atoms with Crippen LogP contribution in [0.5, 0.6) is 5.75 Å². The first-order valence-corrected chi connectivity index (χ1v) is 19.7. The molecule has 0 spiro atoms. The standard InChI is InChI=1S/C33H50N8O12.2C2HF3O2/c1-3-40-19-6-5-17(11-20(19)41(4-2)25(40)12-36-33(52)26-31(34)38-32-18(37-26)7-8-35-32)53-10-9-39(13-21(44)27(48)29(50)23(46)15-42)14-22(45)28(49)30(51)24(47)16-43;2*3-2(4,5)1(6)7/h5-8,11,21-24,27-30,42-51H,3-4,9-10,12-16H2,1-2H3,(H3-,34,35,36,37,38,52);2*(H,6,7)/t21-,22-,23+,24+,27+,28+,29+,30+;;/m0../s1. The number of rotatable bonds is 21. The lowest BCUT2D eigenvalue weighted by Gasteiger charge is -2.33. The van der Waals surface area contributed by atoms with Crippen molar-refractivity contribution in [2.75, 3.05) is 45.2 Å². The summed E-state index contributed by atoms with van der Waals surface area (Å²) in [5.41, 5.74) is 8.65. The highest BCUT2D eigenvalue weighted by atomic mass is 19.4. The number of benzene rings is 1. The molecule has 0 aliphatic rings. The van der Waals surface area contributed by atoms with E-state index in [4.69, 9.17) is 40.5 Å². The third-order valence-corrected chi connectivity index (χ3v) is 9.51. The Kier molecular flexibility index (Phi) is 22.0. The van der Waals surface area contributed by atoms with Gasteiger partial charge in [0.1, 0.15) is 67.0 Å². The molecule has 0 fully saturated rings. The van der Waals surface area contributed by atoms with Crippen LogP contribution in [0.4, 0.5) is 32.2 Å². The topological polar surface area (TPSA) is 398 Å². The van der Waals surface area contributed by atoms with Gasteiger partial charge in [0.2, 0.25) is 0 Å². The van der Waals surface area contributed by atoms with E-state index < -0.39 is 105 Å². The Morgan fingerprint density at radius 2 is 1.37 bits per heavy atom. The Morgan fingerprint density at radius 1 is 0.866 bits per heavy atom. The fraction of sp³-hybridized carbons (Fsp3) is 0.568. The van der Waals surface area contributed by atoms with Crippen LogP contribution >= 0.6 is 0 Å². The van der Waals surface area contributed by atoms with Crippen LogP contribution in [0.15, 0.2) is 30.5 Å². The maximum Gasteiger partial charge on any atom is 0.490 e. The zero-order chi connectivity index (χ0) is 51.1. The second kappa shape index (κ2) is 25.6. The Labute approximate surface area is 374 Å². The number of aromatic amines is 1. The molecule has 0 unspecified atom stereocenters. The van der Waals surface area contributed by atoms with Gasteiger partial charge >= 0.3 is 18.3 Å². The van der Waals surface area contributed by atoms with Crippen LogP contribution < -0.4 is 25.5 Å². The Bertz CT molecular complexity index is 2160. The van der Waals surface area contributed by atoms with Crippen LogP contribution in [-0.4, -0.2) is 199 Å². The number of halogens is 6. The monoisotopic (exact) mass is 978 g/mol. The van der Waals surface area contributed by atoms with E-state index in [1.165, 1.54) is 4.90 Å². The van der Waals surface area contributed by atoms with E-state index in [1.807, 2.05) is 29.0 Å². The molecule has 8 atom stereocenters. The van der Waals surface area contributed by atoms with E-state index >= 15 is 0 Å². The number of nitrogens with two attached hydrogens (primary N) is 1. The number of amides is 1. The fourth-order valence-electron chi connectivity index (χ4n) is 6.07. The number of carboxylic acids is 2. The molecule has 30 heteroatoms. The highest BCUT2D eigenvalue weighted by Crippen LogP contribution is 2.22. The molecule has 0 aliphatic heterocycles. The number of aliphatic hydroxyl groups excluding tert-OH is 10. The molecule has 4 rings (SSSR count). The highest BCUT2D eigenvalue weighted by Gasteiger charge is 2.38. The molecule has 0 saturated carbocycles. The van der Waals surface area contributed by atoms with Gasteiger partial charge < -0.3 is 86.8 Å². The van der Waals surface area contributed by atoms with Crippen molar-refractivity contribution in [2.24, 2.45) is 0 Å². The second-order valence-corrected chi connectivity index (χ2v) is 14.2. The summed E-state index contributed by atoms with van der Waals surface area (Å²) >= 11 is 0. The van der Waals surface area contributed by atoms with Crippen LogP contribution in [0.2, 0.25) is 0 Å².